The summed E-state index contributed by atoms with van der Waals surface area (Å²) in [4.78, 5) is 14.2. The van der Waals surface area contributed by atoms with Crippen LogP contribution in [0.5, 0.6) is 0 Å². The van der Waals surface area contributed by atoms with Crippen molar-refractivity contribution in [3.63, 3.8) is 0 Å². The molecule has 1 saturated heterocycles. The highest BCUT2D eigenvalue weighted by molar-refractivity contribution is 5.84. The van der Waals surface area contributed by atoms with Gasteiger partial charge in [0.2, 0.25) is 0 Å². The smallest absolute Gasteiger partial charge is 0.256 e. The summed E-state index contributed by atoms with van der Waals surface area (Å²) >= 11 is 0. The second-order valence-electron chi connectivity index (χ2n) is 6.50. The monoisotopic (exact) mass is 367 g/mol. The molecule has 142 valence electrons. The van der Waals surface area contributed by atoms with Gasteiger partial charge in [-0.2, -0.15) is 0 Å². The van der Waals surface area contributed by atoms with Gasteiger partial charge in [-0.25, -0.2) is 0 Å². The van der Waals surface area contributed by atoms with Crippen LogP contribution >= 0.6 is 0 Å². The maximum Gasteiger partial charge on any atom is 0.256 e. The number of nitrogens with zero attached hydrogens (tertiary/aromatic N) is 1. The zero-order valence-corrected chi connectivity index (χ0v) is 15.2. The van der Waals surface area contributed by atoms with Crippen molar-refractivity contribution in [3.05, 3.63) is 84.4 Å². The summed E-state index contributed by atoms with van der Waals surface area (Å²) in [5.41, 5.74) is 1.94. The Hall–Kier alpha value is -2.47. The quantitative estimate of drug-likeness (QED) is 0.693. The van der Waals surface area contributed by atoms with Crippen LogP contribution in [0.1, 0.15) is 17.5 Å². The van der Waals surface area contributed by atoms with Gasteiger partial charge in [-0.05, 0) is 17.5 Å². The molecule has 0 aromatic heterocycles. The van der Waals surface area contributed by atoms with Gasteiger partial charge in [-0.3, -0.25) is 4.79 Å². The van der Waals surface area contributed by atoms with Crippen molar-refractivity contribution >= 4 is 5.91 Å². The van der Waals surface area contributed by atoms with Crippen LogP contribution in [0.3, 0.4) is 0 Å². The first-order valence-electron chi connectivity index (χ1n) is 9.11. The topological polar surface area (TPSA) is 59.0 Å². The lowest BCUT2D eigenvalue weighted by atomic mass is 10.2. The van der Waals surface area contributed by atoms with E-state index in [-0.39, 0.29) is 12.5 Å². The summed E-state index contributed by atoms with van der Waals surface area (Å²) in [6, 6.07) is 19.3. The molecule has 0 spiro atoms. The van der Waals surface area contributed by atoms with Crippen LogP contribution in [0.25, 0.3) is 0 Å². The highest BCUT2D eigenvalue weighted by atomic mass is 16.6. The molecule has 1 aliphatic rings. The van der Waals surface area contributed by atoms with Crippen molar-refractivity contribution in [2.45, 2.75) is 38.1 Å². The van der Waals surface area contributed by atoms with E-state index in [1.165, 1.54) is 4.90 Å². The van der Waals surface area contributed by atoms with Gasteiger partial charge in [-0.15, -0.1) is 6.58 Å². The zero-order chi connectivity index (χ0) is 19.1. The predicted octanol–water partition coefficient (Wildman–Crippen LogP) is 2.89. The maximum atomic E-state index is 12.8. The van der Waals surface area contributed by atoms with Crippen LogP contribution in [-0.4, -0.2) is 40.9 Å². The van der Waals surface area contributed by atoms with Crippen molar-refractivity contribution in [2.24, 2.45) is 0 Å². The Bertz CT molecular complexity index is 734. The SMILES string of the molecule is C=CCCN1C(=O)[C@H](OCc2ccccc2)[C@@H](OCc2ccccc2)C1O. The number of amides is 1. The molecular weight excluding hydrogens is 342 g/mol. The van der Waals surface area contributed by atoms with Gasteiger partial charge < -0.3 is 19.5 Å². The van der Waals surface area contributed by atoms with E-state index in [1.54, 1.807) is 6.08 Å². The van der Waals surface area contributed by atoms with Gasteiger partial charge in [0.15, 0.2) is 12.3 Å². The molecule has 5 nitrogen and oxygen atoms in total. The maximum absolute atomic E-state index is 12.8. The Balaban J connectivity index is 1.70. The molecule has 0 radical (unpaired) electrons. The minimum atomic E-state index is -1.04. The molecule has 0 bridgehead atoms. The Morgan fingerprint density at radius 3 is 2.07 bits per heavy atom. The molecule has 27 heavy (non-hydrogen) atoms. The van der Waals surface area contributed by atoms with Crippen molar-refractivity contribution in [1.29, 1.82) is 0 Å². The number of rotatable bonds is 9. The van der Waals surface area contributed by atoms with Crippen molar-refractivity contribution < 1.29 is 19.4 Å². The number of carbonyl (C=O) groups excluding carboxylic acids is 1. The Morgan fingerprint density at radius 2 is 1.52 bits per heavy atom. The molecule has 1 fully saturated rings. The largest absolute Gasteiger partial charge is 0.371 e. The van der Waals surface area contributed by atoms with E-state index < -0.39 is 18.4 Å². The van der Waals surface area contributed by atoms with E-state index in [9.17, 15) is 9.90 Å². The Morgan fingerprint density at radius 1 is 0.963 bits per heavy atom. The van der Waals surface area contributed by atoms with Crippen molar-refractivity contribution in [1.82, 2.24) is 4.90 Å². The zero-order valence-electron chi connectivity index (χ0n) is 15.2. The first-order valence-corrected chi connectivity index (χ1v) is 9.11. The van der Waals surface area contributed by atoms with Crippen LogP contribution in [0, 0.1) is 0 Å². The average Bonchev–Trinajstić information content (AvgIpc) is 2.93. The van der Waals surface area contributed by atoms with Crippen LogP contribution in [-0.2, 0) is 27.5 Å². The summed E-state index contributed by atoms with van der Waals surface area (Å²) in [7, 11) is 0. The predicted molar refractivity (Wildman–Crippen MR) is 103 cm³/mol. The van der Waals surface area contributed by atoms with E-state index in [0.717, 1.165) is 11.1 Å². The summed E-state index contributed by atoms with van der Waals surface area (Å²) in [5.74, 6) is -0.252. The van der Waals surface area contributed by atoms with E-state index in [4.69, 9.17) is 9.47 Å². The molecule has 1 heterocycles. The number of ether oxygens (including phenoxy) is 2. The van der Waals surface area contributed by atoms with Gasteiger partial charge in [0, 0.05) is 6.54 Å². The van der Waals surface area contributed by atoms with E-state index in [2.05, 4.69) is 6.58 Å². The highest BCUT2D eigenvalue weighted by Gasteiger charge is 2.48. The number of hydrogen-bond acceptors (Lipinski definition) is 4. The Labute approximate surface area is 159 Å². The normalized spacial score (nSPS) is 22.2. The molecule has 5 heteroatoms. The van der Waals surface area contributed by atoms with E-state index in [0.29, 0.717) is 19.6 Å². The summed E-state index contributed by atoms with van der Waals surface area (Å²) in [5, 5.41) is 10.7. The van der Waals surface area contributed by atoms with Crippen LogP contribution in [0.4, 0.5) is 0 Å². The van der Waals surface area contributed by atoms with Gasteiger partial charge in [0.05, 0.1) is 13.2 Å². The number of aliphatic hydroxyl groups excluding tert-OH is 1. The number of carbonyl (C=O) groups is 1. The molecule has 2 aromatic rings. The molecule has 1 N–H and O–H groups in total. The Kier molecular flexibility index (Phi) is 6.76. The highest BCUT2D eigenvalue weighted by Crippen LogP contribution is 2.26. The average molecular weight is 367 g/mol. The number of benzene rings is 2. The fourth-order valence-corrected chi connectivity index (χ4v) is 3.11. The minimum Gasteiger partial charge on any atom is -0.371 e. The lowest BCUT2D eigenvalue weighted by Gasteiger charge is -2.23. The molecule has 0 aliphatic carbocycles. The molecule has 1 amide bonds. The van der Waals surface area contributed by atoms with Crippen LogP contribution in [0.15, 0.2) is 73.3 Å². The van der Waals surface area contributed by atoms with Crippen LogP contribution in [0.2, 0.25) is 0 Å². The van der Waals surface area contributed by atoms with Crippen molar-refractivity contribution in [2.75, 3.05) is 6.54 Å². The standard InChI is InChI=1S/C22H25NO4/c1-2-3-14-23-21(24)19(26-15-17-10-6-4-7-11-17)20(22(23)25)27-16-18-12-8-5-9-13-18/h2,4-13,19-21,24H,1,3,14-16H2/t19-,20-,21?/m1/s1. The number of likely N-dealkylation sites (tertiary alicyclic amines) is 1. The first-order chi connectivity index (χ1) is 13.2. The second-order valence-corrected chi connectivity index (χ2v) is 6.50. The summed E-state index contributed by atoms with van der Waals surface area (Å²) in [6.07, 6.45) is -0.306. The third kappa shape index (κ3) is 4.83. The third-order valence-corrected chi connectivity index (χ3v) is 4.57. The molecule has 0 saturated carbocycles. The number of aliphatic hydroxyl groups is 1. The van der Waals surface area contributed by atoms with Gasteiger partial charge in [0.25, 0.3) is 5.91 Å². The fourth-order valence-electron chi connectivity index (χ4n) is 3.11. The lowest BCUT2D eigenvalue weighted by molar-refractivity contribution is -0.142. The third-order valence-electron chi connectivity index (χ3n) is 4.57. The molecular formula is C22H25NO4. The first kappa shape index (κ1) is 19.3. The molecule has 3 atom stereocenters. The lowest BCUT2D eigenvalue weighted by Crippen LogP contribution is -2.38. The minimum absolute atomic E-state index is 0.252. The number of hydrogen-bond donors (Lipinski definition) is 1. The molecule has 2 aromatic carbocycles. The second kappa shape index (κ2) is 9.46. The van der Waals surface area contributed by atoms with E-state index in [1.807, 2.05) is 60.7 Å². The molecule has 1 aliphatic heterocycles. The van der Waals surface area contributed by atoms with Gasteiger partial charge in [-0.1, -0.05) is 66.7 Å². The summed E-state index contributed by atoms with van der Waals surface area (Å²) in [6.45, 7) is 4.65. The van der Waals surface area contributed by atoms with Crippen molar-refractivity contribution in [3.8, 4) is 0 Å². The van der Waals surface area contributed by atoms with Gasteiger partial charge >= 0.3 is 0 Å². The molecule has 3 rings (SSSR count). The fraction of sp³-hybridized carbons (Fsp3) is 0.318. The van der Waals surface area contributed by atoms with E-state index >= 15 is 0 Å². The van der Waals surface area contributed by atoms with Crippen LogP contribution < -0.4 is 0 Å². The van der Waals surface area contributed by atoms with Gasteiger partial charge in [0.1, 0.15) is 6.10 Å². The molecule has 1 unspecified atom stereocenters. The summed E-state index contributed by atoms with van der Waals surface area (Å²) < 4.78 is 11.8.